The van der Waals surface area contributed by atoms with E-state index in [1.165, 1.54) is 36.9 Å². The monoisotopic (exact) mass is 283 g/mol. The quantitative estimate of drug-likeness (QED) is 0.938. The number of fused-ring (bicyclic) bond motifs is 1. The van der Waals surface area contributed by atoms with Crippen LogP contribution in [0.15, 0.2) is 36.5 Å². The van der Waals surface area contributed by atoms with Gasteiger partial charge in [0.15, 0.2) is 0 Å². The summed E-state index contributed by atoms with van der Waals surface area (Å²) >= 11 is 0. The molecule has 2 atom stereocenters. The Morgan fingerprint density at radius 3 is 3.05 bits per heavy atom. The number of hydrogen-bond acceptors (Lipinski definition) is 3. The van der Waals surface area contributed by atoms with Gasteiger partial charge in [-0.25, -0.2) is 0 Å². The van der Waals surface area contributed by atoms with E-state index in [1.54, 1.807) is 0 Å². The lowest BCUT2D eigenvalue weighted by Crippen LogP contribution is -2.38. The van der Waals surface area contributed by atoms with Gasteiger partial charge in [-0.2, -0.15) is 0 Å². The van der Waals surface area contributed by atoms with Gasteiger partial charge >= 0.3 is 0 Å². The lowest BCUT2D eigenvalue weighted by molar-refractivity contribution is 0.175. The van der Waals surface area contributed by atoms with Crippen molar-refractivity contribution in [3.8, 4) is 0 Å². The highest BCUT2D eigenvalue weighted by Gasteiger charge is 2.20. The van der Waals surface area contributed by atoms with Crippen molar-refractivity contribution in [1.29, 1.82) is 0 Å². The van der Waals surface area contributed by atoms with Crippen LogP contribution in [0, 0.1) is 5.92 Å². The first kappa shape index (κ1) is 14.5. The third kappa shape index (κ3) is 3.42. The summed E-state index contributed by atoms with van der Waals surface area (Å²) in [5.41, 5.74) is 8.38. The Morgan fingerprint density at radius 2 is 2.24 bits per heavy atom. The van der Waals surface area contributed by atoms with E-state index in [1.807, 2.05) is 12.3 Å². The highest BCUT2D eigenvalue weighted by molar-refractivity contribution is 5.78. The summed E-state index contributed by atoms with van der Waals surface area (Å²) < 4.78 is 0. The number of rotatable bonds is 4. The standard InChI is InChI=1S/C18H25N3/c1-14-5-4-8-21(12-14)13-17(10-19)16-9-15-6-2-3-7-18(15)20-11-16/h2-3,6-7,9,11,14,17H,4-5,8,10,12-13,19H2,1H3. The molecule has 1 aromatic carbocycles. The van der Waals surface area contributed by atoms with Crippen molar-refractivity contribution in [2.75, 3.05) is 26.2 Å². The predicted molar refractivity (Wildman–Crippen MR) is 88.4 cm³/mol. The van der Waals surface area contributed by atoms with Gasteiger partial charge < -0.3 is 10.6 Å². The molecule has 2 unspecified atom stereocenters. The number of piperidine rings is 1. The number of likely N-dealkylation sites (tertiary alicyclic amines) is 1. The molecule has 1 fully saturated rings. The molecule has 3 rings (SSSR count). The van der Waals surface area contributed by atoms with E-state index in [2.05, 4.69) is 41.1 Å². The van der Waals surface area contributed by atoms with E-state index in [-0.39, 0.29) is 0 Å². The molecule has 21 heavy (non-hydrogen) atoms. The van der Waals surface area contributed by atoms with E-state index in [0.29, 0.717) is 12.5 Å². The van der Waals surface area contributed by atoms with Crippen LogP contribution >= 0.6 is 0 Å². The number of nitrogens with two attached hydrogens (primary N) is 1. The van der Waals surface area contributed by atoms with Crippen molar-refractivity contribution >= 4 is 10.9 Å². The maximum atomic E-state index is 6.05. The zero-order chi connectivity index (χ0) is 14.7. The lowest BCUT2D eigenvalue weighted by atomic mass is 9.95. The van der Waals surface area contributed by atoms with Crippen LogP contribution in [0.25, 0.3) is 10.9 Å². The maximum Gasteiger partial charge on any atom is 0.0702 e. The number of para-hydroxylation sites is 1. The predicted octanol–water partition coefficient (Wildman–Crippen LogP) is 3.01. The van der Waals surface area contributed by atoms with E-state index in [0.717, 1.165) is 18.0 Å². The highest BCUT2D eigenvalue weighted by atomic mass is 15.1. The molecule has 1 aliphatic heterocycles. The maximum absolute atomic E-state index is 6.05. The first-order chi connectivity index (χ1) is 10.3. The third-order valence-electron chi connectivity index (χ3n) is 4.59. The van der Waals surface area contributed by atoms with Gasteiger partial charge in [0.2, 0.25) is 0 Å². The first-order valence-corrected chi connectivity index (χ1v) is 8.03. The summed E-state index contributed by atoms with van der Waals surface area (Å²) in [5.74, 6) is 1.19. The third-order valence-corrected chi connectivity index (χ3v) is 4.59. The largest absolute Gasteiger partial charge is 0.330 e. The van der Waals surface area contributed by atoms with Gasteiger partial charge in [0.1, 0.15) is 0 Å². The van der Waals surface area contributed by atoms with Crippen molar-refractivity contribution in [1.82, 2.24) is 9.88 Å². The summed E-state index contributed by atoms with van der Waals surface area (Å²) in [7, 11) is 0. The minimum Gasteiger partial charge on any atom is -0.330 e. The average Bonchev–Trinajstić information content (AvgIpc) is 2.52. The summed E-state index contributed by atoms with van der Waals surface area (Å²) in [6.07, 6.45) is 4.68. The molecule has 1 aliphatic rings. The number of nitrogens with zero attached hydrogens (tertiary/aromatic N) is 2. The molecule has 2 aromatic rings. The SMILES string of the molecule is CC1CCCN(CC(CN)c2cnc3ccccc3c2)C1. The van der Waals surface area contributed by atoms with Gasteiger partial charge in [0.25, 0.3) is 0 Å². The number of benzene rings is 1. The second-order valence-corrected chi connectivity index (χ2v) is 6.40. The molecular formula is C18H25N3. The van der Waals surface area contributed by atoms with Gasteiger partial charge in [0.05, 0.1) is 5.52 Å². The molecule has 3 nitrogen and oxygen atoms in total. The Morgan fingerprint density at radius 1 is 1.38 bits per heavy atom. The van der Waals surface area contributed by atoms with Crippen LogP contribution in [0.4, 0.5) is 0 Å². The van der Waals surface area contributed by atoms with E-state index >= 15 is 0 Å². The van der Waals surface area contributed by atoms with Crippen molar-refractivity contribution < 1.29 is 0 Å². The first-order valence-electron chi connectivity index (χ1n) is 8.03. The van der Waals surface area contributed by atoms with Crippen molar-refractivity contribution in [2.24, 2.45) is 11.7 Å². The van der Waals surface area contributed by atoms with Gasteiger partial charge in [-0.3, -0.25) is 4.98 Å². The lowest BCUT2D eigenvalue weighted by Gasteiger charge is -2.33. The normalized spacial score (nSPS) is 21.5. The van der Waals surface area contributed by atoms with Gasteiger partial charge in [-0.15, -0.1) is 0 Å². The van der Waals surface area contributed by atoms with Gasteiger partial charge in [0, 0.05) is 37.1 Å². The van der Waals surface area contributed by atoms with Crippen LogP contribution in [0.5, 0.6) is 0 Å². The molecule has 112 valence electrons. The summed E-state index contributed by atoms with van der Waals surface area (Å²) in [6.45, 7) is 6.51. The number of aromatic nitrogens is 1. The van der Waals surface area contributed by atoms with Gasteiger partial charge in [-0.1, -0.05) is 25.1 Å². The molecule has 0 saturated carbocycles. The van der Waals surface area contributed by atoms with Crippen molar-refractivity contribution in [3.05, 3.63) is 42.1 Å². The molecular weight excluding hydrogens is 258 g/mol. The van der Waals surface area contributed by atoms with Crippen LogP contribution in [0.1, 0.15) is 31.2 Å². The molecule has 3 heteroatoms. The van der Waals surface area contributed by atoms with Crippen LogP contribution in [0.3, 0.4) is 0 Å². The molecule has 0 spiro atoms. The molecule has 0 amide bonds. The summed E-state index contributed by atoms with van der Waals surface area (Å²) in [4.78, 5) is 7.15. The zero-order valence-corrected chi connectivity index (χ0v) is 12.8. The Bertz CT molecular complexity index is 596. The average molecular weight is 283 g/mol. The smallest absolute Gasteiger partial charge is 0.0702 e. The Kier molecular flexibility index (Phi) is 4.51. The van der Waals surface area contributed by atoms with E-state index in [9.17, 15) is 0 Å². The summed E-state index contributed by atoms with van der Waals surface area (Å²) in [5, 5.41) is 1.21. The van der Waals surface area contributed by atoms with Gasteiger partial charge in [-0.05, 0) is 43.0 Å². The fourth-order valence-electron chi connectivity index (χ4n) is 3.39. The topological polar surface area (TPSA) is 42.1 Å². The Balaban J connectivity index is 1.77. The second kappa shape index (κ2) is 6.54. The van der Waals surface area contributed by atoms with Crippen LogP contribution in [0.2, 0.25) is 0 Å². The minimum atomic E-state index is 0.382. The fourth-order valence-corrected chi connectivity index (χ4v) is 3.39. The highest BCUT2D eigenvalue weighted by Crippen LogP contribution is 2.23. The van der Waals surface area contributed by atoms with Crippen LogP contribution in [-0.2, 0) is 0 Å². The number of pyridine rings is 1. The summed E-state index contributed by atoms with van der Waals surface area (Å²) in [6, 6.07) is 10.5. The van der Waals surface area contributed by atoms with Crippen LogP contribution < -0.4 is 5.73 Å². The number of hydrogen-bond donors (Lipinski definition) is 1. The van der Waals surface area contributed by atoms with Crippen molar-refractivity contribution in [3.63, 3.8) is 0 Å². The zero-order valence-electron chi connectivity index (χ0n) is 12.8. The van der Waals surface area contributed by atoms with Crippen molar-refractivity contribution in [2.45, 2.75) is 25.7 Å². The molecule has 1 aromatic heterocycles. The minimum absolute atomic E-state index is 0.382. The van der Waals surface area contributed by atoms with E-state index < -0.39 is 0 Å². The molecule has 0 bridgehead atoms. The Hall–Kier alpha value is -1.45. The molecule has 0 aliphatic carbocycles. The molecule has 2 heterocycles. The molecule has 0 radical (unpaired) electrons. The van der Waals surface area contributed by atoms with Crippen LogP contribution in [-0.4, -0.2) is 36.1 Å². The van der Waals surface area contributed by atoms with E-state index in [4.69, 9.17) is 5.73 Å². The molecule has 2 N–H and O–H groups in total. The second-order valence-electron chi connectivity index (χ2n) is 6.40. The molecule has 1 saturated heterocycles. The Labute approximate surface area is 127 Å². The fraction of sp³-hybridized carbons (Fsp3) is 0.500.